The van der Waals surface area contributed by atoms with Gasteiger partial charge in [-0.1, -0.05) is 36.4 Å². The summed E-state index contributed by atoms with van der Waals surface area (Å²) >= 11 is 0. The third-order valence-electron chi connectivity index (χ3n) is 5.71. The highest BCUT2D eigenvalue weighted by Gasteiger charge is 2.27. The quantitative estimate of drug-likeness (QED) is 0.439. The molecule has 0 spiro atoms. The predicted molar refractivity (Wildman–Crippen MR) is 123 cm³/mol. The first kappa shape index (κ1) is 21.8. The summed E-state index contributed by atoms with van der Waals surface area (Å²) in [6.07, 6.45) is 5.48. The Morgan fingerprint density at radius 2 is 1.91 bits per heavy atom. The number of rotatable bonds is 7. The zero-order chi connectivity index (χ0) is 22.3. The number of hydrogen-bond acceptors (Lipinski definition) is 3. The van der Waals surface area contributed by atoms with E-state index in [-0.39, 0.29) is 11.7 Å². The molecule has 0 bridgehead atoms. The van der Waals surface area contributed by atoms with Crippen LogP contribution in [0.4, 0.5) is 14.5 Å². The van der Waals surface area contributed by atoms with Crippen LogP contribution >= 0.6 is 0 Å². The first-order valence-electron chi connectivity index (χ1n) is 10.8. The van der Waals surface area contributed by atoms with Crippen LogP contribution < -0.4 is 15.5 Å². The Labute approximate surface area is 187 Å². The maximum Gasteiger partial charge on any atom is 0.191 e. The summed E-state index contributed by atoms with van der Waals surface area (Å²) in [4.78, 5) is 10.5. The van der Waals surface area contributed by atoms with Crippen LogP contribution in [0.15, 0.2) is 65.9 Å². The molecule has 1 saturated heterocycles. The van der Waals surface area contributed by atoms with Crippen molar-refractivity contribution in [2.75, 3.05) is 25.0 Å². The summed E-state index contributed by atoms with van der Waals surface area (Å²) in [6, 6.07) is 14.4. The highest BCUT2D eigenvalue weighted by atomic mass is 19.1. The number of benzene rings is 2. The van der Waals surface area contributed by atoms with Crippen LogP contribution in [0.2, 0.25) is 0 Å². The van der Waals surface area contributed by atoms with Crippen LogP contribution in [0.1, 0.15) is 17.8 Å². The summed E-state index contributed by atoms with van der Waals surface area (Å²) < 4.78 is 30.3. The van der Waals surface area contributed by atoms with Crippen molar-refractivity contribution < 1.29 is 8.78 Å². The van der Waals surface area contributed by atoms with Crippen molar-refractivity contribution in [3.8, 4) is 0 Å². The monoisotopic (exact) mass is 438 g/mol. The van der Waals surface area contributed by atoms with E-state index in [2.05, 4.69) is 37.3 Å². The van der Waals surface area contributed by atoms with E-state index in [0.717, 1.165) is 25.2 Å². The van der Waals surface area contributed by atoms with Crippen LogP contribution in [0.5, 0.6) is 0 Å². The Kier molecular flexibility index (Phi) is 6.99. The van der Waals surface area contributed by atoms with E-state index >= 15 is 0 Å². The number of nitrogens with zero attached hydrogens (tertiary/aromatic N) is 4. The fourth-order valence-electron chi connectivity index (χ4n) is 4.03. The molecule has 168 valence electrons. The first-order valence-corrected chi connectivity index (χ1v) is 10.8. The van der Waals surface area contributed by atoms with Crippen LogP contribution in [-0.2, 0) is 19.5 Å². The molecule has 1 unspecified atom stereocenters. The molecule has 1 aliphatic rings. The molecule has 8 heteroatoms. The Bertz CT molecular complexity index is 1030. The molecular formula is C24H28F2N6. The van der Waals surface area contributed by atoms with E-state index in [1.165, 1.54) is 23.8 Å². The van der Waals surface area contributed by atoms with E-state index in [9.17, 15) is 8.78 Å². The summed E-state index contributed by atoms with van der Waals surface area (Å²) in [6.45, 7) is 2.46. The first-order chi connectivity index (χ1) is 15.6. The fraction of sp³-hybridized carbons (Fsp3) is 0.333. The minimum absolute atomic E-state index is 0.0398. The van der Waals surface area contributed by atoms with Crippen LogP contribution in [0.25, 0.3) is 0 Å². The predicted octanol–water partition coefficient (Wildman–Crippen LogP) is 3.35. The van der Waals surface area contributed by atoms with Crippen LogP contribution in [-0.4, -0.2) is 41.7 Å². The van der Waals surface area contributed by atoms with Crippen molar-refractivity contribution in [3.05, 3.63) is 83.9 Å². The van der Waals surface area contributed by atoms with E-state index in [0.29, 0.717) is 25.6 Å². The summed E-state index contributed by atoms with van der Waals surface area (Å²) in [7, 11) is 1.71. The zero-order valence-electron chi connectivity index (χ0n) is 18.1. The molecule has 1 aromatic heterocycles. The van der Waals surface area contributed by atoms with Gasteiger partial charge in [-0.05, 0) is 30.5 Å². The van der Waals surface area contributed by atoms with Gasteiger partial charge in [0, 0.05) is 45.1 Å². The van der Waals surface area contributed by atoms with E-state index in [1.807, 2.05) is 24.4 Å². The van der Waals surface area contributed by atoms with Gasteiger partial charge in [0.15, 0.2) is 5.96 Å². The lowest BCUT2D eigenvalue weighted by Gasteiger charge is -2.21. The third-order valence-corrected chi connectivity index (χ3v) is 5.71. The van der Waals surface area contributed by atoms with Gasteiger partial charge in [0.2, 0.25) is 0 Å². The molecule has 3 aromatic rings. The molecule has 4 rings (SSSR count). The van der Waals surface area contributed by atoms with E-state index in [1.54, 1.807) is 18.1 Å². The molecule has 2 N–H and O–H groups in total. The lowest BCUT2D eigenvalue weighted by molar-refractivity contribution is 0.575. The average molecular weight is 439 g/mol. The van der Waals surface area contributed by atoms with Crippen molar-refractivity contribution in [3.63, 3.8) is 0 Å². The Balaban J connectivity index is 1.29. The zero-order valence-corrected chi connectivity index (χ0v) is 18.1. The number of imidazole rings is 1. The van der Waals surface area contributed by atoms with Gasteiger partial charge in [0.1, 0.15) is 23.1 Å². The Morgan fingerprint density at radius 3 is 2.66 bits per heavy atom. The number of aromatic nitrogens is 2. The molecule has 1 atom stereocenters. The van der Waals surface area contributed by atoms with Crippen molar-refractivity contribution in [1.82, 2.24) is 20.2 Å². The molecule has 2 aromatic carbocycles. The third kappa shape index (κ3) is 5.25. The van der Waals surface area contributed by atoms with Crippen molar-refractivity contribution >= 4 is 11.6 Å². The maximum atomic E-state index is 14.1. The lowest BCUT2D eigenvalue weighted by atomic mass is 10.1. The summed E-state index contributed by atoms with van der Waals surface area (Å²) in [5.74, 6) is 0.500. The second-order valence-electron chi connectivity index (χ2n) is 7.84. The molecule has 0 aliphatic carbocycles. The second kappa shape index (κ2) is 10.3. The van der Waals surface area contributed by atoms with Gasteiger partial charge in [-0.2, -0.15) is 0 Å². The van der Waals surface area contributed by atoms with Gasteiger partial charge < -0.3 is 20.1 Å². The van der Waals surface area contributed by atoms with E-state index < -0.39 is 11.6 Å². The molecule has 2 heterocycles. The fourth-order valence-corrected chi connectivity index (χ4v) is 4.03. The number of halogens is 2. The molecule has 1 aliphatic heterocycles. The Hall–Kier alpha value is -3.42. The average Bonchev–Trinajstić information content (AvgIpc) is 3.45. The number of aliphatic imine (C=N–C) groups is 1. The standard InChI is InChI=1S/C24H28F2N6/c1-27-24(30-19-11-14-32(17-19)23-20(25)8-5-9-21(23)26)29-16-22-28-12-15-31(22)13-10-18-6-3-2-4-7-18/h2-9,12,15,19H,10-11,13-14,16-17H2,1H3,(H2,27,29,30). The molecule has 32 heavy (non-hydrogen) atoms. The second-order valence-corrected chi connectivity index (χ2v) is 7.84. The topological polar surface area (TPSA) is 57.5 Å². The number of aryl methyl sites for hydroxylation is 2. The summed E-state index contributed by atoms with van der Waals surface area (Å²) in [5, 5.41) is 6.66. The SMILES string of the molecule is CN=C(NCc1nccn1CCc1ccccc1)NC1CCN(c2c(F)cccc2F)C1. The van der Waals surface area contributed by atoms with Crippen LogP contribution in [0.3, 0.4) is 0 Å². The number of hydrogen-bond donors (Lipinski definition) is 2. The van der Waals surface area contributed by atoms with Gasteiger partial charge in [-0.15, -0.1) is 0 Å². The van der Waals surface area contributed by atoms with Crippen molar-refractivity contribution in [2.24, 2.45) is 4.99 Å². The largest absolute Gasteiger partial charge is 0.365 e. The number of nitrogens with one attached hydrogen (secondary N) is 2. The van der Waals surface area contributed by atoms with Gasteiger partial charge in [-0.3, -0.25) is 4.99 Å². The number of guanidine groups is 1. The van der Waals surface area contributed by atoms with Crippen LogP contribution in [0, 0.1) is 11.6 Å². The van der Waals surface area contributed by atoms with Gasteiger partial charge in [0.25, 0.3) is 0 Å². The maximum absolute atomic E-state index is 14.1. The minimum Gasteiger partial charge on any atom is -0.365 e. The molecular weight excluding hydrogens is 410 g/mol. The molecule has 0 saturated carbocycles. The highest BCUT2D eigenvalue weighted by Crippen LogP contribution is 2.26. The molecule has 0 amide bonds. The Morgan fingerprint density at radius 1 is 1.12 bits per heavy atom. The van der Waals surface area contributed by atoms with Gasteiger partial charge >= 0.3 is 0 Å². The van der Waals surface area contributed by atoms with Crippen molar-refractivity contribution in [1.29, 1.82) is 0 Å². The van der Waals surface area contributed by atoms with Gasteiger partial charge in [-0.25, -0.2) is 13.8 Å². The summed E-state index contributed by atoms with van der Waals surface area (Å²) in [5.41, 5.74) is 1.33. The smallest absolute Gasteiger partial charge is 0.191 e. The number of anilines is 1. The molecule has 6 nitrogen and oxygen atoms in total. The number of para-hydroxylation sites is 1. The molecule has 1 fully saturated rings. The highest BCUT2D eigenvalue weighted by molar-refractivity contribution is 5.80. The normalized spacial score (nSPS) is 16.4. The molecule has 0 radical (unpaired) electrons. The van der Waals surface area contributed by atoms with Crippen molar-refractivity contribution in [2.45, 2.75) is 32.0 Å². The lowest BCUT2D eigenvalue weighted by Crippen LogP contribution is -2.44. The van der Waals surface area contributed by atoms with E-state index in [4.69, 9.17) is 0 Å². The minimum atomic E-state index is -0.532. The van der Waals surface area contributed by atoms with Gasteiger partial charge in [0.05, 0.1) is 6.54 Å².